The van der Waals surface area contributed by atoms with Gasteiger partial charge in [-0.15, -0.1) is 0 Å². The van der Waals surface area contributed by atoms with Crippen LogP contribution in [0.1, 0.15) is 25.0 Å². The Hall–Kier alpha value is -2.25. The van der Waals surface area contributed by atoms with E-state index < -0.39 is 15.3 Å². The minimum Gasteiger partial charge on any atom is -0.448 e. The predicted octanol–water partition coefficient (Wildman–Crippen LogP) is 2.96. The molecule has 24 heavy (non-hydrogen) atoms. The number of hydrogen-bond acceptors (Lipinski definition) is 5. The van der Waals surface area contributed by atoms with Gasteiger partial charge in [-0.2, -0.15) is 12.7 Å². The van der Waals surface area contributed by atoms with E-state index in [1.807, 2.05) is 6.07 Å². The molecule has 0 N–H and O–H groups in total. The second kappa shape index (κ2) is 8.03. The Bertz CT molecular complexity index is 762. The Morgan fingerprint density at radius 1 is 1.08 bits per heavy atom. The van der Waals surface area contributed by atoms with Gasteiger partial charge in [0.1, 0.15) is 6.61 Å². The molecule has 1 aromatic heterocycles. The molecule has 2 aromatic rings. The summed E-state index contributed by atoms with van der Waals surface area (Å²) in [5.74, 6) is 0. The van der Waals surface area contributed by atoms with Crippen LogP contribution in [0.15, 0.2) is 54.9 Å². The van der Waals surface area contributed by atoms with Crippen LogP contribution in [-0.2, 0) is 27.9 Å². The Morgan fingerprint density at radius 3 is 2.29 bits per heavy atom. The third kappa shape index (κ3) is 4.62. The van der Waals surface area contributed by atoms with Crippen molar-refractivity contribution in [1.82, 2.24) is 9.29 Å². The number of carbonyl (C=O) groups excluding carboxylic acids is 1. The van der Waals surface area contributed by atoms with Crippen LogP contribution in [0.5, 0.6) is 0 Å². The highest BCUT2D eigenvalue weighted by molar-refractivity contribution is 8.03. The average Bonchev–Trinajstić information content (AvgIpc) is 2.59. The molecule has 0 spiro atoms. The first-order valence-corrected chi connectivity index (χ1v) is 8.96. The molecule has 0 unspecified atom stereocenters. The van der Waals surface area contributed by atoms with E-state index in [-0.39, 0.29) is 19.2 Å². The molecule has 6 nitrogen and oxygen atoms in total. The van der Waals surface area contributed by atoms with Gasteiger partial charge in [-0.05, 0) is 37.1 Å². The second-order valence-electron chi connectivity index (χ2n) is 5.52. The third-order valence-corrected chi connectivity index (χ3v) is 5.09. The molecule has 0 aliphatic carbocycles. The van der Waals surface area contributed by atoms with Crippen molar-refractivity contribution in [3.05, 3.63) is 66.0 Å². The van der Waals surface area contributed by atoms with E-state index in [0.29, 0.717) is 0 Å². The zero-order chi connectivity index (χ0) is 17.6. The van der Waals surface area contributed by atoms with Crippen LogP contribution in [0, 0.1) is 0 Å². The summed E-state index contributed by atoms with van der Waals surface area (Å²) in [4.78, 5) is 16.0. The molecule has 0 atom stereocenters. The van der Waals surface area contributed by atoms with Gasteiger partial charge in [-0.3, -0.25) is 4.98 Å². The lowest BCUT2D eigenvalue weighted by molar-refractivity contribution is 0.162. The fourth-order valence-electron chi connectivity index (χ4n) is 2.10. The molecule has 128 valence electrons. The van der Waals surface area contributed by atoms with Crippen LogP contribution in [0.2, 0.25) is 0 Å². The topological polar surface area (TPSA) is 76.6 Å². The van der Waals surface area contributed by atoms with E-state index in [0.717, 1.165) is 15.4 Å². The van der Waals surface area contributed by atoms with Crippen molar-refractivity contribution in [3.63, 3.8) is 0 Å². The minimum atomic E-state index is -4.22. The second-order valence-corrected chi connectivity index (χ2v) is 7.28. The summed E-state index contributed by atoms with van der Waals surface area (Å²) in [6, 6.07) is 12.0. The molecule has 0 saturated carbocycles. The summed E-state index contributed by atoms with van der Waals surface area (Å²) < 4.78 is 31.2. The summed E-state index contributed by atoms with van der Waals surface area (Å²) in [6.07, 6.45) is 3.16. The van der Waals surface area contributed by atoms with Crippen molar-refractivity contribution >= 4 is 15.3 Å². The first-order valence-electron chi connectivity index (χ1n) is 7.52. The Balaban J connectivity index is 2.10. The van der Waals surface area contributed by atoms with E-state index in [1.165, 1.54) is 0 Å². The highest BCUT2D eigenvalue weighted by atomic mass is 32.2. The fraction of sp³-hybridized carbons (Fsp3) is 0.294. The van der Waals surface area contributed by atoms with Gasteiger partial charge >= 0.3 is 15.3 Å². The molecular weight excluding hydrogens is 328 g/mol. The smallest absolute Gasteiger partial charge is 0.440 e. The standard InChI is InChI=1S/C17H20N2O4S/c1-14(2)19(12-15-8-10-18-11-9-15)24(21,22)17(20)23-13-16-6-4-3-5-7-16/h3-11,14H,12-13H2,1-2H3. The third-order valence-electron chi connectivity index (χ3n) is 3.38. The Labute approximate surface area is 142 Å². The molecule has 1 heterocycles. The summed E-state index contributed by atoms with van der Waals surface area (Å²) in [6.45, 7) is 3.43. The van der Waals surface area contributed by atoms with Crippen molar-refractivity contribution in [1.29, 1.82) is 0 Å². The molecule has 1 aromatic carbocycles. The maximum atomic E-state index is 12.5. The summed E-state index contributed by atoms with van der Waals surface area (Å²) in [7, 11) is -4.22. The molecule has 0 amide bonds. The number of benzene rings is 1. The molecule has 0 aliphatic rings. The van der Waals surface area contributed by atoms with Crippen molar-refractivity contribution in [3.8, 4) is 0 Å². The van der Waals surface area contributed by atoms with Crippen molar-refractivity contribution < 1.29 is 17.9 Å². The molecule has 0 saturated heterocycles. The van der Waals surface area contributed by atoms with Crippen LogP contribution >= 0.6 is 0 Å². The SMILES string of the molecule is CC(C)N(Cc1ccncc1)S(=O)(=O)C(=O)OCc1ccccc1. The maximum absolute atomic E-state index is 12.5. The Morgan fingerprint density at radius 2 is 1.71 bits per heavy atom. The molecular formula is C17H20N2O4S. The van der Waals surface area contributed by atoms with Crippen molar-refractivity contribution in [2.75, 3.05) is 0 Å². The minimum absolute atomic E-state index is 0.0832. The number of pyridine rings is 1. The van der Waals surface area contributed by atoms with Crippen LogP contribution < -0.4 is 0 Å². The molecule has 2 rings (SSSR count). The number of ether oxygens (including phenoxy) is 1. The van der Waals surface area contributed by atoms with Crippen LogP contribution in [-0.4, -0.2) is 29.1 Å². The number of sulfonamides is 1. The first-order chi connectivity index (χ1) is 11.4. The van der Waals surface area contributed by atoms with E-state index in [1.54, 1.807) is 62.6 Å². The van der Waals surface area contributed by atoms with Crippen LogP contribution in [0.25, 0.3) is 0 Å². The average molecular weight is 348 g/mol. The lowest BCUT2D eigenvalue weighted by Gasteiger charge is -2.24. The number of rotatable bonds is 6. The zero-order valence-corrected chi connectivity index (χ0v) is 14.4. The summed E-state index contributed by atoms with van der Waals surface area (Å²) in [5.41, 5.74) is 1.48. The predicted molar refractivity (Wildman–Crippen MR) is 90.5 cm³/mol. The number of aromatic nitrogens is 1. The van der Waals surface area contributed by atoms with Gasteiger partial charge in [0, 0.05) is 25.0 Å². The van der Waals surface area contributed by atoms with Gasteiger partial charge in [0.2, 0.25) is 0 Å². The quantitative estimate of drug-likeness (QED) is 0.750. The first kappa shape index (κ1) is 18.1. The van der Waals surface area contributed by atoms with E-state index in [9.17, 15) is 13.2 Å². The van der Waals surface area contributed by atoms with Gasteiger partial charge in [-0.25, -0.2) is 4.79 Å². The lowest BCUT2D eigenvalue weighted by atomic mass is 10.2. The molecule has 0 bridgehead atoms. The normalized spacial score (nSPS) is 11.7. The number of nitrogens with zero attached hydrogens (tertiary/aromatic N) is 2. The highest BCUT2D eigenvalue weighted by Crippen LogP contribution is 2.16. The largest absolute Gasteiger partial charge is 0.448 e. The van der Waals surface area contributed by atoms with E-state index in [4.69, 9.17) is 4.74 Å². The lowest BCUT2D eigenvalue weighted by Crippen LogP contribution is -2.40. The van der Waals surface area contributed by atoms with Gasteiger partial charge in [0.05, 0.1) is 0 Å². The van der Waals surface area contributed by atoms with E-state index in [2.05, 4.69) is 4.98 Å². The summed E-state index contributed by atoms with van der Waals surface area (Å²) in [5, 5.41) is -1.24. The summed E-state index contributed by atoms with van der Waals surface area (Å²) >= 11 is 0. The van der Waals surface area contributed by atoms with Crippen molar-refractivity contribution in [2.24, 2.45) is 0 Å². The molecule has 0 fully saturated rings. The van der Waals surface area contributed by atoms with Gasteiger partial charge in [-0.1, -0.05) is 30.3 Å². The van der Waals surface area contributed by atoms with Gasteiger partial charge in [0.25, 0.3) is 0 Å². The molecule has 7 heteroatoms. The zero-order valence-electron chi connectivity index (χ0n) is 13.6. The molecule has 0 aliphatic heterocycles. The van der Waals surface area contributed by atoms with E-state index >= 15 is 0 Å². The number of hydrogen-bond donors (Lipinski definition) is 0. The van der Waals surface area contributed by atoms with Gasteiger partial charge < -0.3 is 4.74 Å². The number of carbonyl (C=O) groups is 1. The van der Waals surface area contributed by atoms with Crippen LogP contribution in [0.3, 0.4) is 0 Å². The fourth-order valence-corrected chi connectivity index (χ4v) is 3.37. The highest BCUT2D eigenvalue weighted by Gasteiger charge is 2.34. The van der Waals surface area contributed by atoms with Crippen molar-refractivity contribution in [2.45, 2.75) is 33.0 Å². The van der Waals surface area contributed by atoms with Crippen LogP contribution in [0.4, 0.5) is 4.79 Å². The maximum Gasteiger partial charge on any atom is 0.440 e. The monoisotopic (exact) mass is 348 g/mol. The van der Waals surface area contributed by atoms with Gasteiger partial charge in [0.15, 0.2) is 0 Å². The molecule has 0 radical (unpaired) electrons. The Kier molecular flexibility index (Phi) is 6.05.